The van der Waals surface area contributed by atoms with Crippen molar-refractivity contribution < 1.29 is 8.78 Å². The fourth-order valence-electron chi connectivity index (χ4n) is 18.9. The minimum absolute atomic E-state index is 0.190. The molecule has 20 heteroatoms. The first-order valence-electron chi connectivity index (χ1n) is 43.9. The number of fused-ring (bicyclic) bond motifs is 6. The molecule has 0 N–H and O–H groups in total. The highest BCUT2D eigenvalue weighted by Gasteiger charge is 2.41. The molecule has 18 nitrogen and oxygen atoms in total. The van der Waals surface area contributed by atoms with Crippen molar-refractivity contribution in [3.63, 3.8) is 0 Å². The Hall–Kier alpha value is -15.0. The molecule has 6 heterocycles. The number of para-hydroxylation sites is 2. The summed E-state index contributed by atoms with van der Waals surface area (Å²) in [5.74, 6) is -1.61. The predicted octanol–water partition coefficient (Wildman–Crippen LogP) is 29.6. The fraction of sp³-hybridized carbons (Fsp3) is 0.291. The molecule has 0 saturated carbocycles. The van der Waals surface area contributed by atoms with E-state index in [1.807, 2.05) is 111 Å². The van der Waals surface area contributed by atoms with E-state index in [-0.39, 0.29) is 42.7 Å². The van der Waals surface area contributed by atoms with E-state index in [0.29, 0.717) is 34.1 Å². The molecule has 0 amide bonds. The van der Waals surface area contributed by atoms with Gasteiger partial charge < -0.3 is 58.8 Å². The van der Waals surface area contributed by atoms with Crippen molar-refractivity contribution in [2.24, 2.45) is 0 Å². The van der Waals surface area contributed by atoms with Crippen molar-refractivity contribution in [1.29, 1.82) is 0 Å². The molecule has 130 heavy (non-hydrogen) atoms. The van der Waals surface area contributed by atoms with E-state index in [4.69, 9.17) is 39.4 Å². The van der Waals surface area contributed by atoms with Gasteiger partial charge >= 0.3 is 0 Å². The molecular formula is C110H116F2N18. The zero-order valence-corrected chi connectivity index (χ0v) is 79.7. The van der Waals surface area contributed by atoms with Crippen LogP contribution in [-0.4, -0.2) is 79.3 Å². The van der Waals surface area contributed by atoms with E-state index in [2.05, 4.69) is 334 Å². The number of rotatable bonds is 6. The maximum absolute atomic E-state index is 14.8. The van der Waals surface area contributed by atoms with Crippen molar-refractivity contribution in [3.8, 4) is 0 Å². The Morgan fingerprint density at radius 1 is 0.223 bits per heavy atom. The summed E-state index contributed by atoms with van der Waals surface area (Å²) >= 11 is 0. The second-order valence-corrected chi connectivity index (χ2v) is 35.0. The molecule has 0 bridgehead atoms. The Bertz CT molecular complexity index is 6690. The van der Waals surface area contributed by atoms with Gasteiger partial charge in [-0.05, 0) is 302 Å². The Labute approximate surface area is 769 Å². The van der Waals surface area contributed by atoms with E-state index in [0.717, 1.165) is 45.3 Å². The molecule has 0 aliphatic carbocycles. The van der Waals surface area contributed by atoms with Crippen LogP contribution in [0.4, 0.5) is 145 Å². The van der Waals surface area contributed by atoms with Gasteiger partial charge in [-0.25, -0.2) is 37.9 Å². The van der Waals surface area contributed by atoms with Crippen LogP contribution >= 0.6 is 0 Å². The van der Waals surface area contributed by atoms with Crippen LogP contribution in [0.25, 0.3) is 29.1 Å². The maximum Gasteiger partial charge on any atom is 0.259 e. The van der Waals surface area contributed by atoms with Crippen molar-refractivity contribution in [3.05, 3.63) is 352 Å². The first-order valence-corrected chi connectivity index (χ1v) is 43.9. The van der Waals surface area contributed by atoms with Crippen molar-refractivity contribution in [2.45, 2.75) is 175 Å². The number of aryl methyl sites for hydroxylation is 12. The van der Waals surface area contributed by atoms with Crippen molar-refractivity contribution in [1.82, 2.24) is 0 Å². The average Bonchev–Trinajstić information content (AvgIpc) is 1.55. The average molecular weight is 1730 g/mol. The molecule has 12 aromatic rings. The van der Waals surface area contributed by atoms with Gasteiger partial charge in [-0.3, -0.25) is 0 Å². The zero-order chi connectivity index (χ0) is 94.4. The summed E-state index contributed by atoms with van der Waals surface area (Å²) in [4.78, 5) is 47.5. The number of hydrogen-bond acceptors (Lipinski definition) is 12. The van der Waals surface area contributed by atoms with Crippen LogP contribution in [0, 0.1) is 148 Å². The summed E-state index contributed by atoms with van der Waals surface area (Å²) < 4.78 is 29.1. The van der Waals surface area contributed by atoms with Crippen LogP contribution in [0.15, 0.2) is 194 Å². The zero-order valence-electron chi connectivity index (χ0n) is 79.7. The lowest BCUT2D eigenvalue weighted by Crippen LogP contribution is -2.36. The largest absolute Gasteiger partial charge is 0.353 e. The van der Waals surface area contributed by atoms with E-state index in [1.54, 1.807) is 11.9 Å². The molecule has 12 aromatic carbocycles. The highest BCUT2D eigenvalue weighted by Crippen LogP contribution is 2.55. The van der Waals surface area contributed by atoms with E-state index >= 15 is 0 Å². The smallest absolute Gasteiger partial charge is 0.259 e. The van der Waals surface area contributed by atoms with Crippen LogP contribution in [0.1, 0.15) is 119 Å². The van der Waals surface area contributed by atoms with Gasteiger partial charge in [0.1, 0.15) is 42.8 Å². The topological polar surface area (TPSA) is 65.0 Å². The summed E-state index contributed by atoms with van der Waals surface area (Å²) in [7, 11) is 12.3. The summed E-state index contributed by atoms with van der Waals surface area (Å²) in [6.07, 6.45) is 0.998. The van der Waals surface area contributed by atoms with Crippen LogP contribution < -0.4 is 58.8 Å². The monoisotopic (exact) mass is 1730 g/mol. The second-order valence-electron chi connectivity index (χ2n) is 35.0. The predicted molar refractivity (Wildman–Crippen MR) is 541 cm³/mol. The Balaban J connectivity index is 0.000000133. The van der Waals surface area contributed by atoms with Crippen LogP contribution in [0.3, 0.4) is 0 Å². The first-order chi connectivity index (χ1) is 61.9. The van der Waals surface area contributed by atoms with Gasteiger partial charge in [0.25, 0.3) is 5.69 Å². The minimum atomic E-state index is -0.821. The van der Waals surface area contributed by atoms with Gasteiger partial charge in [0.05, 0.1) is 108 Å². The normalized spacial score (nSPS) is 16.7. The minimum Gasteiger partial charge on any atom is -0.353 e. The molecule has 6 aliphatic rings. The summed E-state index contributed by atoms with van der Waals surface area (Å²) in [6, 6.07) is 65.3. The van der Waals surface area contributed by atoms with Gasteiger partial charge in [0.2, 0.25) is 0 Å². The molecule has 0 unspecified atom stereocenters. The SMILES string of the molecule is [C-]#[N+]c1c(F)cc2c(c1F)N(C)[C@H](C)N2c1c(C)cc(C)c(C)c1C.[C-]#[N+]c1ccc2c(c1)N(c1c(C)cccc1C)[C@@H](C)N2C.[C-]#[N+]c1ccc2c(c1)N(c1cc(C)c(C)cc1C)[C@@H](C)N2C.[C-]#[N+]c1ccc2c(c1)N(c1cc(C)ccc1C)[C@@H](C)N2C.[C-]#[N+]c1ccc2c(c1)N(c1ccc(C)cc1C)[C@@H](C)N2C.[C-]#[N+]c1ccc2c(c1)N(c1ccccc1C)[C@@H](C)N2C. The Kier molecular flexibility index (Phi) is 26.8. The summed E-state index contributed by atoms with van der Waals surface area (Å²) in [6.45, 7) is 85.7. The third-order valence-corrected chi connectivity index (χ3v) is 27.0. The van der Waals surface area contributed by atoms with Crippen LogP contribution in [0.2, 0.25) is 0 Å². The number of nitrogens with zero attached hydrogens (tertiary/aromatic N) is 18. The number of halogens is 2. The number of hydrogen-bond donors (Lipinski definition) is 0. The lowest BCUT2D eigenvalue weighted by Gasteiger charge is -2.31. The van der Waals surface area contributed by atoms with Crippen LogP contribution in [-0.2, 0) is 0 Å². The third-order valence-electron chi connectivity index (χ3n) is 27.0. The molecule has 0 radical (unpaired) electrons. The summed E-state index contributed by atoms with van der Waals surface area (Å²) in [5.41, 5.74) is 39.4. The van der Waals surface area contributed by atoms with Gasteiger partial charge in [0, 0.05) is 76.4 Å². The number of benzene rings is 12. The van der Waals surface area contributed by atoms with E-state index in [9.17, 15) is 8.78 Å². The number of anilines is 18. The maximum atomic E-state index is 14.8. The first kappa shape index (κ1) is 92.7. The van der Waals surface area contributed by atoms with Gasteiger partial charge in [0.15, 0.2) is 34.3 Å². The highest BCUT2D eigenvalue weighted by atomic mass is 19.1. The molecule has 0 aromatic heterocycles. The Morgan fingerprint density at radius 3 is 0.962 bits per heavy atom. The third kappa shape index (κ3) is 17.0. The Morgan fingerprint density at radius 2 is 0.546 bits per heavy atom. The lowest BCUT2D eigenvalue weighted by molar-refractivity contribution is 0.594. The van der Waals surface area contributed by atoms with Crippen LogP contribution in [0.5, 0.6) is 0 Å². The molecule has 660 valence electrons. The highest BCUT2D eigenvalue weighted by molar-refractivity contribution is 5.94. The van der Waals surface area contributed by atoms with E-state index < -0.39 is 17.3 Å². The van der Waals surface area contributed by atoms with Gasteiger partial charge in [-0.15, -0.1) is 0 Å². The van der Waals surface area contributed by atoms with Gasteiger partial charge in [-0.1, -0.05) is 109 Å². The quantitative estimate of drug-likeness (QED) is 0.149. The molecule has 0 fully saturated rings. The standard InChI is InChI=1S/C20H21F2N3.C19H21N3.3C18H19N3.C17H17N3/c1-10-8-11(2)19(13(4)12(10)3)25-14(5)24(7)20-16(25)9-15(21)18(23-6)17(20)22;1-12-9-14(3)18(10-13(12)2)22-15(4)21(6)17-8-7-16(20-5)11-19(17)22;1-12-6-8-16(13(2)10-12)21-14(3)20(5)17-9-7-15(19-4)11-18(17)21;1-12-6-7-13(2)17(10-12)21-14(3)20(5)16-9-8-15(19-4)11-18(16)21;1-12-7-6-8-13(2)18(12)21-14(3)20(5)16-10-9-15(19-4)11-17(16)21;1-12-7-5-6-8-15(12)20-13(2)19(4)16-10-9-14(18-3)11-17(16)20/h8-9,14H,1-5,7H3;7-11,15H,1-4,6H3;3*6-11,14H,1-3,5H3;5-11,13H,1-2,4H3/t14-;15-;3*14-;13-/m000000/s1. The molecule has 0 saturated heterocycles. The lowest BCUT2D eigenvalue weighted by atomic mass is 9.97. The molecule has 0 spiro atoms. The fourth-order valence-corrected chi connectivity index (χ4v) is 18.9. The summed E-state index contributed by atoms with van der Waals surface area (Å²) in [5, 5.41) is 0. The van der Waals surface area contributed by atoms with Crippen molar-refractivity contribution >= 4 is 136 Å². The van der Waals surface area contributed by atoms with E-state index in [1.165, 1.54) is 130 Å². The molecule has 6 atom stereocenters. The molecule has 18 rings (SSSR count). The molecular weight excluding hydrogens is 1610 g/mol. The molecule has 6 aliphatic heterocycles. The second kappa shape index (κ2) is 37.5. The van der Waals surface area contributed by atoms with Gasteiger partial charge in [-0.2, -0.15) is 0 Å². The van der Waals surface area contributed by atoms with Crippen molar-refractivity contribution in [2.75, 3.05) is 101 Å².